The summed E-state index contributed by atoms with van der Waals surface area (Å²) < 4.78 is 22.4. The van der Waals surface area contributed by atoms with Crippen molar-refractivity contribution in [1.29, 1.82) is 0 Å². The Morgan fingerprint density at radius 2 is 1.75 bits per heavy atom. The van der Waals surface area contributed by atoms with Gasteiger partial charge in [-0.2, -0.15) is 0 Å². The Morgan fingerprint density at radius 3 is 2.08 bits per heavy atom. The van der Waals surface area contributed by atoms with E-state index >= 15 is 0 Å². The Labute approximate surface area is 79.0 Å². The maximum Gasteiger partial charge on any atom is 0.443 e. The predicted molar refractivity (Wildman–Crippen MR) is 50.3 cm³/mol. The Balaban J connectivity index is 3.80. The molecule has 0 bridgehead atoms. The molecule has 0 unspecified atom stereocenters. The van der Waals surface area contributed by atoms with Crippen molar-refractivity contribution in [1.82, 2.24) is 0 Å². The van der Waals surface area contributed by atoms with Crippen molar-refractivity contribution in [2.45, 2.75) is 26.3 Å². The monoisotopic (exact) mass is 214 g/mol. The second-order valence-corrected chi connectivity index (χ2v) is 6.44. The van der Waals surface area contributed by atoms with Gasteiger partial charge in [-0.25, -0.2) is 0 Å². The lowest BCUT2D eigenvalue weighted by Gasteiger charge is -2.22. The van der Waals surface area contributed by atoms with Gasteiger partial charge in [0.1, 0.15) is 0 Å². The first kappa shape index (κ1) is 12.4. The highest BCUT2D eigenvalue weighted by Crippen LogP contribution is 2.20. The first-order chi connectivity index (χ1) is 5.68. The molecule has 5 heteroatoms. The van der Waals surface area contributed by atoms with Gasteiger partial charge < -0.3 is 8.85 Å². The zero-order valence-corrected chi connectivity index (χ0v) is 9.36. The molecular formula is C7H16ClFO2Si. The molecule has 0 aliphatic carbocycles. The van der Waals surface area contributed by atoms with Crippen molar-refractivity contribution in [2.75, 3.05) is 19.9 Å². The summed E-state index contributed by atoms with van der Waals surface area (Å²) in [4.78, 5) is 0. The summed E-state index contributed by atoms with van der Waals surface area (Å²) >= 11 is 6.05. The minimum Gasteiger partial charge on any atom is -0.383 e. The van der Waals surface area contributed by atoms with Crippen molar-refractivity contribution >= 4 is 18.9 Å². The fourth-order valence-electron chi connectivity index (χ4n) is 0.895. The lowest BCUT2D eigenvalue weighted by molar-refractivity contribution is 0.201. The SMILES string of the molecule is CCO[Si](Cl)(CCCF)OCC. The van der Waals surface area contributed by atoms with Gasteiger partial charge in [-0.15, -0.1) is 0 Å². The van der Waals surface area contributed by atoms with Gasteiger partial charge in [0.2, 0.25) is 0 Å². The molecule has 0 aromatic rings. The van der Waals surface area contributed by atoms with Crippen LogP contribution in [-0.4, -0.2) is 27.8 Å². The maximum absolute atomic E-state index is 11.9. The molecule has 74 valence electrons. The first-order valence-corrected chi connectivity index (χ1v) is 7.25. The second-order valence-electron chi connectivity index (χ2n) is 2.32. The van der Waals surface area contributed by atoms with E-state index in [0.29, 0.717) is 25.7 Å². The van der Waals surface area contributed by atoms with Crippen molar-refractivity contribution < 1.29 is 13.2 Å². The number of hydrogen-bond donors (Lipinski definition) is 0. The minimum absolute atomic E-state index is 0.360. The topological polar surface area (TPSA) is 18.5 Å². The molecule has 0 amide bonds. The van der Waals surface area contributed by atoms with Crippen molar-refractivity contribution in [3.63, 3.8) is 0 Å². The van der Waals surface area contributed by atoms with Crippen LogP contribution in [0.2, 0.25) is 6.04 Å². The van der Waals surface area contributed by atoms with E-state index in [-0.39, 0.29) is 6.67 Å². The summed E-state index contributed by atoms with van der Waals surface area (Å²) in [6, 6.07) is 0.521. The van der Waals surface area contributed by atoms with Crippen LogP contribution in [0.5, 0.6) is 0 Å². The third-order valence-corrected chi connectivity index (χ3v) is 4.94. The number of halogens is 2. The van der Waals surface area contributed by atoms with Crippen LogP contribution in [0.3, 0.4) is 0 Å². The molecule has 0 saturated heterocycles. The zero-order valence-electron chi connectivity index (χ0n) is 7.61. The maximum atomic E-state index is 11.9. The number of hydrogen-bond acceptors (Lipinski definition) is 2. The largest absolute Gasteiger partial charge is 0.443 e. The predicted octanol–water partition coefficient (Wildman–Crippen LogP) is 2.60. The third-order valence-electron chi connectivity index (χ3n) is 1.33. The second kappa shape index (κ2) is 6.83. The van der Waals surface area contributed by atoms with E-state index < -0.39 is 7.87 Å². The van der Waals surface area contributed by atoms with Crippen LogP contribution in [0.15, 0.2) is 0 Å². The Hall–Kier alpha value is 0.357. The molecule has 2 nitrogen and oxygen atoms in total. The molecule has 0 fully saturated rings. The van der Waals surface area contributed by atoms with E-state index in [9.17, 15) is 4.39 Å². The molecule has 0 aliphatic heterocycles. The van der Waals surface area contributed by atoms with Crippen LogP contribution in [0.1, 0.15) is 20.3 Å². The van der Waals surface area contributed by atoms with Crippen LogP contribution >= 0.6 is 11.1 Å². The van der Waals surface area contributed by atoms with Gasteiger partial charge in [0, 0.05) is 19.3 Å². The van der Waals surface area contributed by atoms with E-state index in [2.05, 4.69) is 0 Å². The first-order valence-electron chi connectivity index (χ1n) is 4.21. The van der Waals surface area contributed by atoms with Gasteiger partial charge in [0.05, 0.1) is 6.67 Å². The molecule has 0 radical (unpaired) electrons. The zero-order chi connectivity index (χ0) is 9.45. The van der Waals surface area contributed by atoms with Crippen molar-refractivity contribution in [2.24, 2.45) is 0 Å². The smallest absolute Gasteiger partial charge is 0.383 e. The van der Waals surface area contributed by atoms with Crippen LogP contribution in [0.4, 0.5) is 4.39 Å². The molecule has 12 heavy (non-hydrogen) atoms. The summed E-state index contributed by atoms with van der Waals surface area (Å²) in [5.41, 5.74) is 0. The lowest BCUT2D eigenvalue weighted by Crippen LogP contribution is -2.36. The average Bonchev–Trinajstić information content (AvgIpc) is 2.02. The van der Waals surface area contributed by atoms with Crippen molar-refractivity contribution in [3.05, 3.63) is 0 Å². The fourth-order valence-corrected chi connectivity index (χ4v) is 3.74. The van der Waals surface area contributed by atoms with E-state index in [4.69, 9.17) is 19.9 Å². The van der Waals surface area contributed by atoms with Crippen LogP contribution in [-0.2, 0) is 8.85 Å². The summed E-state index contributed by atoms with van der Waals surface area (Å²) in [5.74, 6) is 0. The molecule has 0 saturated carbocycles. The average molecular weight is 215 g/mol. The van der Waals surface area contributed by atoms with E-state index in [0.717, 1.165) is 0 Å². The normalized spacial score (nSPS) is 12.0. The van der Waals surface area contributed by atoms with Gasteiger partial charge >= 0.3 is 7.87 Å². The van der Waals surface area contributed by atoms with Crippen LogP contribution < -0.4 is 0 Å². The Kier molecular flexibility index (Phi) is 7.03. The molecule has 0 spiro atoms. The molecule has 0 aromatic carbocycles. The van der Waals surface area contributed by atoms with Crippen LogP contribution in [0.25, 0.3) is 0 Å². The molecule has 0 aromatic heterocycles. The van der Waals surface area contributed by atoms with Crippen molar-refractivity contribution in [3.8, 4) is 0 Å². The summed E-state index contributed by atoms with van der Waals surface area (Å²) in [6.07, 6.45) is 0.426. The molecule has 0 aliphatic rings. The molecule has 0 rings (SSSR count). The third kappa shape index (κ3) is 5.08. The van der Waals surface area contributed by atoms with E-state index in [1.165, 1.54) is 0 Å². The minimum atomic E-state index is -2.54. The van der Waals surface area contributed by atoms with Gasteiger partial charge in [-0.05, 0) is 20.3 Å². The summed E-state index contributed by atoms with van der Waals surface area (Å²) in [6.45, 7) is 4.42. The number of alkyl halides is 1. The van der Waals surface area contributed by atoms with Gasteiger partial charge in [0.15, 0.2) is 0 Å². The molecular weight excluding hydrogens is 199 g/mol. The van der Waals surface area contributed by atoms with Gasteiger partial charge in [-0.3, -0.25) is 4.39 Å². The highest BCUT2D eigenvalue weighted by molar-refractivity contribution is 7.12. The fraction of sp³-hybridized carbons (Fsp3) is 1.00. The Morgan fingerprint density at radius 1 is 1.25 bits per heavy atom. The summed E-state index contributed by atoms with van der Waals surface area (Å²) in [7, 11) is -2.54. The van der Waals surface area contributed by atoms with Gasteiger partial charge in [0.25, 0.3) is 0 Å². The standard InChI is InChI=1S/C7H16ClFO2Si/c1-3-10-12(8,11-4-2)7-5-6-9/h3-7H2,1-2H3. The molecule has 0 heterocycles. The quantitative estimate of drug-likeness (QED) is 0.479. The molecule has 0 atom stereocenters. The van der Waals surface area contributed by atoms with E-state index in [1.807, 2.05) is 13.8 Å². The molecule has 0 N–H and O–H groups in total. The summed E-state index contributed by atoms with van der Waals surface area (Å²) in [5, 5.41) is 0. The number of rotatable bonds is 7. The Bertz CT molecular complexity index is 110. The van der Waals surface area contributed by atoms with Gasteiger partial charge in [-0.1, -0.05) is 11.1 Å². The van der Waals surface area contributed by atoms with E-state index in [1.54, 1.807) is 0 Å². The highest BCUT2D eigenvalue weighted by Gasteiger charge is 2.34. The lowest BCUT2D eigenvalue weighted by atomic mass is 10.6. The van der Waals surface area contributed by atoms with Crippen LogP contribution in [0, 0.1) is 0 Å². The highest BCUT2D eigenvalue weighted by atomic mass is 35.6.